The fourth-order valence-electron chi connectivity index (χ4n) is 0.651. The number of hydroxylamine groups is 1. The number of aliphatic hydroxyl groups excluding tert-OH is 1. The van der Waals surface area contributed by atoms with E-state index in [9.17, 15) is 0 Å². The summed E-state index contributed by atoms with van der Waals surface area (Å²) in [5, 5.41) is 17.0. The second-order valence-corrected chi connectivity index (χ2v) is 2.03. The van der Waals surface area contributed by atoms with Crippen molar-refractivity contribution >= 4 is 5.84 Å². The minimum Gasteiger partial charge on any atom is -0.348 e. The van der Waals surface area contributed by atoms with Gasteiger partial charge in [0.1, 0.15) is 5.84 Å². The summed E-state index contributed by atoms with van der Waals surface area (Å²) in [4.78, 5) is 8.02. The van der Waals surface area contributed by atoms with Crippen molar-refractivity contribution in [1.29, 1.82) is 5.26 Å². The lowest BCUT2D eigenvalue weighted by Crippen LogP contribution is -2.37. The van der Waals surface area contributed by atoms with Crippen molar-refractivity contribution < 1.29 is 9.94 Å². The van der Waals surface area contributed by atoms with Gasteiger partial charge in [-0.1, -0.05) is 0 Å². The van der Waals surface area contributed by atoms with Gasteiger partial charge in [-0.2, -0.15) is 5.26 Å². The predicted octanol–water partition coefficient (Wildman–Crippen LogP) is -1.56. The van der Waals surface area contributed by atoms with E-state index < -0.39 is 12.5 Å². The zero-order valence-corrected chi connectivity index (χ0v) is 5.69. The van der Waals surface area contributed by atoms with Crippen molar-refractivity contribution in [3.8, 4) is 6.07 Å². The predicted molar refractivity (Wildman–Crippen MR) is 35.9 cm³/mol. The van der Waals surface area contributed by atoms with Crippen LogP contribution in [-0.2, 0) is 4.84 Å². The third-order valence-electron chi connectivity index (χ3n) is 1.18. The SMILES string of the molecule is N#CCC(N)C1=NC(O)ON1. The maximum Gasteiger partial charge on any atom is 0.280 e. The lowest BCUT2D eigenvalue weighted by molar-refractivity contribution is -0.102. The van der Waals surface area contributed by atoms with Crippen LogP contribution in [0, 0.1) is 11.3 Å². The highest BCUT2D eigenvalue weighted by Gasteiger charge is 2.19. The average Bonchev–Trinajstić information content (AvgIpc) is 2.36. The Balaban J connectivity index is 2.49. The molecule has 1 rings (SSSR count). The number of nitrogens with two attached hydrogens (primary N) is 1. The van der Waals surface area contributed by atoms with E-state index in [-0.39, 0.29) is 6.42 Å². The summed E-state index contributed by atoms with van der Waals surface area (Å²) >= 11 is 0. The van der Waals surface area contributed by atoms with E-state index in [2.05, 4.69) is 15.3 Å². The van der Waals surface area contributed by atoms with Crippen molar-refractivity contribution in [3.63, 3.8) is 0 Å². The largest absolute Gasteiger partial charge is 0.348 e. The third kappa shape index (κ3) is 1.88. The average molecular weight is 156 g/mol. The number of nitriles is 1. The Kier molecular flexibility index (Phi) is 2.38. The van der Waals surface area contributed by atoms with E-state index in [4.69, 9.17) is 16.1 Å². The molecule has 0 amide bonds. The molecule has 1 aliphatic heterocycles. The molecule has 0 saturated carbocycles. The first kappa shape index (κ1) is 7.94. The van der Waals surface area contributed by atoms with Crippen molar-refractivity contribution in [2.24, 2.45) is 10.7 Å². The summed E-state index contributed by atoms with van der Waals surface area (Å²) in [6.45, 7) is 0. The molecule has 11 heavy (non-hydrogen) atoms. The molecule has 2 unspecified atom stereocenters. The van der Waals surface area contributed by atoms with Gasteiger partial charge in [0.2, 0.25) is 0 Å². The number of rotatable bonds is 2. The van der Waals surface area contributed by atoms with Crippen LogP contribution < -0.4 is 11.2 Å². The van der Waals surface area contributed by atoms with Gasteiger partial charge in [-0.05, 0) is 0 Å². The normalized spacial score (nSPS) is 25.2. The van der Waals surface area contributed by atoms with Crippen LogP contribution in [0.5, 0.6) is 0 Å². The molecule has 1 heterocycles. The lowest BCUT2D eigenvalue weighted by Gasteiger charge is -2.04. The standard InChI is InChI=1S/C5H8N4O2/c6-2-1-3(7)4-8-5(10)11-9-4/h3,5,10H,1,7H2,(H,8,9). The molecule has 1 aliphatic rings. The number of hydrogen-bond acceptors (Lipinski definition) is 6. The van der Waals surface area contributed by atoms with Crippen LogP contribution in [-0.4, -0.2) is 23.4 Å². The molecule has 6 heteroatoms. The molecule has 0 radical (unpaired) electrons. The van der Waals surface area contributed by atoms with Gasteiger partial charge >= 0.3 is 0 Å². The Morgan fingerprint density at radius 1 is 2.00 bits per heavy atom. The molecule has 6 nitrogen and oxygen atoms in total. The summed E-state index contributed by atoms with van der Waals surface area (Å²) in [6, 6.07) is 1.36. The highest BCUT2D eigenvalue weighted by Crippen LogP contribution is 1.99. The zero-order valence-electron chi connectivity index (χ0n) is 5.69. The molecule has 0 spiro atoms. The molecule has 0 aromatic heterocycles. The molecule has 0 bridgehead atoms. The van der Waals surface area contributed by atoms with E-state index >= 15 is 0 Å². The maximum absolute atomic E-state index is 8.71. The van der Waals surface area contributed by atoms with Gasteiger partial charge in [0.25, 0.3) is 6.41 Å². The summed E-state index contributed by atoms with van der Waals surface area (Å²) in [5.41, 5.74) is 7.76. The monoisotopic (exact) mass is 156 g/mol. The molecule has 4 N–H and O–H groups in total. The number of amidine groups is 1. The first-order valence-corrected chi connectivity index (χ1v) is 3.04. The Labute approximate surface area is 63.2 Å². The Hall–Kier alpha value is -1.16. The molecule has 0 aromatic rings. The fraction of sp³-hybridized carbons (Fsp3) is 0.600. The van der Waals surface area contributed by atoms with Gasteiger partial charge in [-0.3, -0.25) is 0 Å². The van der Waals surface area contributed by atoms with Crippen LogP contribution in [0.3, 0.4) is 0 Å². The van der Waals surface area contributed by atoms with E-state index in [0.717, 1.165) is 0 Å². The first-order chi connectivity index (χ1) is 5.24. The number of hydrogen-bond donors (Lipinski definition) is 3. The van der Waals surface area contributed by atoms with Crippen LogP contribution >= 0.6 is 0 Å². The van der Waals surface area contributed by atoms with E-state index in [0.29, 0.717) is 5.84 Å². The van der Waals surface area contributed by atoms with Crippen molar-refractivity contribution in [1.82, 2.24) is 5.48 Å². The number of aliphatic imine (C=N–C) groups is 1. The molecular formula is C5H8N4O2. The van der Waals surface area contributed by atoms with Crippen LogP contribution in [0.4, 0.5) is 0 Å². The minimum atomic E-state index is -1.20. The van der Waals surface area contributed by atoms with E-state index in [1.807, 2.05) is 6.07 Å². The summed E-state index contributed by atoms with van der Waals surface area (Å²) in [6.07, 6.45) is -1.06. The second-order valence-electron chi connectivity index (χ2n) is 2.03. The molecule has 0 aromatic carbocycles. The molecule has 0 aliphatic carbocycles. The maximum atomic E-state index is 8.71. The molecule has 0 fully saturated rings. The van der Waals surface area contributed by atoms with Gasteiger partial charge in [-0.15, -0.1) is 0 Å². The van der Waals surface area contributed by atoms with E-state index in [1.54, 1.807) is 0 Å². The number of nitrogens with one attached hydrogen (secondary N) is 1. The first-order valence-electron chi connectivity index (χ1n) is 3.04. The van der Waals surface area contributed by atoms with Crippen LogP contribution in [0.15, 0.2) is 4.99 Å². The highest BCUT2D eigenvalue weighted by atomic mass is 16.7. The second kappa shape index (κ2) is 3.30. The molecule has 2 atom stereocenters. The Morgan fingerprint density at radius 2 is 2.73 bits per heavy atom. The van der Waals surface area contributed by atoms with Crippen molar-refractivity contribution in [2.45, 2.75) is 18.9 Å². The van der Waals surface area contributed by atoms with E-state index in [1.165, 1.54) is 0 Å². The van der Waals surface area contributed by atoms with Gasteiger partial charge in [0.05, 0.1) is 18.5 Å². The quantitative estimate of drug-likeness (QED) is 0.448. The van der Waals surface area contributed by atoms with Crippen LogP contribution in [0.25, 0.3) is 0 Å². The lowest BCUT2D eigenvalue weighted by atomic mass is 10.2. The van der Waals surface area contributed by atoms with Crippen LogP contribution in [0.2, 0.25) is 0 Å². The van der Waals surface area contributed by atoms with Gasteiger partial charge in [0, 0.05) is 0 Å². The Bertz CT molecular complexity index is 209. The highest BCUT2D eigenvalue weighted by molar-refractivity contribution is 5.87. The number of aliphatic hydroxyl groups is 1. The van der Waals surface area contributed by atoms with Crippen molar-refractivity contribution in [2.75, 3.05) is 0 Å². The molecular weight excluding hydrogens is 148 g/mol. The van der Waals surface area contributed by atoms with Gasteiger partial charge in [-0.25, -0.2) is 15.3 Å². The fourth-order valence-corrected chi connectivity index (χ4v) is 0.651. The smallest absolute Gasteiger partial charge is 0.280 e. The van der Waals surface area contributed by atoms with Gasteiger partial charge < -0.3 is 10.8 Å². The van der Waals surface area contributed by atoms with Gasteiger partial charge in [0.15, 0.2) is 0 Å². The summed E-state index contributed by atoms with van der Waals surface area (Å²) in [5.74, 6) is 0.305. The summed E-state index contributed by atoms with van der Waals surface area (Å²) < 4.78 is 0. The topological polar surface area (TPSA) is 104 Å². The third-order valence-corrected chi connectivity index (χ3v) is 1.18. The molecule has 0 saturated heterocycles. The van der Waals surface area contributed by atoms with Crippen molar-refractivity contribution in [3.05, 3.63) is 0 Å². The van der Waals surface area contributed by atoms with Crippen LogP contribution in [0.1, 0.15) is 6.42 Å². The Morgan fingerprint density at radius 3 is 3.18 bits per heavy atom. The zero-order chi connectivity index (χ0) is 8.27. The number of nitrogens with zero attached hydrogens (tertiary/aromatic N) is 2. The summed E-state index contributed by atoms with van der Waals surface area (Å²) in [7, 11) is 0. The minimum absolute atomic E-state index is 0.141. The molecule has 60 valence electrons.